The molecular formula is C32H60O4. The van der Waals surface area contributed by atoms with Gasteiger partial charge in [-0.25, -0.2) is 0 Å². The number of carbonyl (C=O) groups excluding carboxylic acids is 2. The lowest BCUT2D eigenvalue weighted by atomic mass is 9.75. The van der Waals surface area contributed by atoms with Gasteiger partial charge in [0.2, 0.25) is 0 Å². The van der Waals surface area contributed by atoms with E-state index in [0.717, 1.165) is 63.2 Å². The monoisotopic (exact) mass is 508 g/mol. The summed E-state index contributed by atoms with van der Waals surface area (Å²) >= 11 is 0. The van der Waals surface area contributed by atoms with Gasteiger partial charge in [-0.05, 0) is 61.2 Å². The van der Waals surface area contributed by atoms with Crippen LogP contribution in [0.4, 0.5) is 0 Å². The lowest BCUT2D eigenvalue weighted by Crippen LogP contribution is -2.28. The summed E-state index contributed by atoms with van der Waals surface area (Å²) in [7, 11) is 0. The molecule has 0 saturated heterocycles. The second kappa shape index (κ2) is 16.7. The molecule has 0 bridgehead atoms. The Balaban J connectivity index is 2.10. The van der Waals surface area contributed by atoms with E-state index in [0.29, 0.717) is 24.0 Å². The molecule has 0 radical (unpaired) electrons. The molecule has 212 valence electrons. The minimum atomic E-state index is -0.0669. The number of hydrogen-bond donors (Lipinski definition) is 0. The molecule has 1 saturated carbocycles. The van der Waals surface area contributed by atoms with Crippen LogP contribution >= 0.6 is 0 Å². The number of esters is 2. The lowest BCUT2D eigenvalue weighted by Gasteiger charge is -2.30. The highest BCUT2D eigenvalue weighted by molar-refractivity contribution is 5.75. The summed E-state index contributed by atoms with van der Waals surface area (Å²) in [6.45, 7) is 19.7. The maximum Gasteiger partial charge on any atom is 0.308 e. The molecule has 2 atom stereocenters. The first-order valence-corrected chi connectivity index (χ1v) is 15.3. The fourth-order valence-electron chi connectivity index (χ4n) is 5.08. The first-order valence-electron chi connectivity index (χ1n) is 15.3. The van der Waals surface area contributed by atoms with Gasteiger partial charge in [0.1, 0.15) is 0 Å². The van der Waals surface area contributed by atoms with E-state index in [2.05, 4.69) is 55.4 Å². The maximum absolute atomic E-state index is 12.4. The molecule has 0 aromatic rings. The molecule has 4 heteroatoms. The molecule has 4 nitrogen and oxygen atoms in total. The van der Waals surface area contributed by atoms with Crippen LogP contribution in [0.15, 0.2) is 0 Å². The van der Waals surface area contributed by atoms with Gasteiger partial charge >= 0.3 is 11.9 Å². The van der Waals surface area contributed by atoms with Gasteiger partial charge in [0.15, 0.2) is 0 Å². The highest BCUT2D eigenvalue weighted by Crippen LogP contribution is 2.35. The van der Waals surface area contributed by atoms with E-state index >= 15 is 0 Å². The van der Waals surface area contributed by atoms with Crippen molar-refractivity contribution < 1.29 is 19.1 Å². The highest BCUT2D eigenvalue weighted by Gasteiger charge is 2.31. The van der Waals surface area contributed by atoms with Gasteiger partial charge in [-0.15, -0.1) is 0 Å². The molecule has 1 fully saturated rings. The summed E-state index contributed by atoms with van der Waals surface area (Å²) in [6.07, 6.45) is 14.4. The third kappa shape index (κ3) is 12.0. The summed E-state index contributed by atoms with van der Waals surface area (Å²) in [6, 6.07) is 0. The highest BCUT2D eigenvalue weighted by atomic mass is 16.5. The first kappa shape index (κ1) is 33.0. The summed E-state index contributed by atoms with van der Waals surface area (Å²) in [5.41, 5.74) is 0.810. The summed E-state index contributed by atoms with van der Waals surface area (Å²) in [5, 5.41) is 0. The van der Waals surface area contributed by atoms with Crippen LogP contribution in [-0.2, 0) is 19.1 Å². The van der Waals surface area contributed by atoms with E-state index in [4.69, 9.17) is 9.47 Å². The molecule has 0 aliphatic heterocycles. The van der Waals surface area contributed by atoms with Crippen LogP contribution in [0.3, 0.4) is 0 Å². The van der Waals surface area contributed by atoms with Crippen molar-refractivity contribution >= 4 is 11.9 Å². The predicted octanol–water partition coefficient (Wildman–Crippen LogP) is 9.14. The Kier molecular flexibility index (Phi) is 15.3. The van der Waals surface area contributed by atoms with E-state index in [1.807, 2.05) is 0 Å². The van der Waals surface area contributed by atoms with Gasteiger partial charge in [0, 0.05) is 0 Å². The van der Waals surface area contributed by atoms with Gasteiger partial charge in [-0.3, -0.25) is 9.59 Å². The zero-order chi connectivity index (χ0) is 27.2. The minimum Gasteiger partial charge on any atom is -0.465 e. The second-order valence-electron chi connectivity index (χ2n) is 13.1. The zero-order valence-electron chi connectivity index (χ0n) is 25.3. The Morgan fingerprint density at radius 1 is 0.639 bits per heavy atom. The van der Waals surface area contributed by atoms with Crippen LogP contribution < -0.4 is 0 Å². The largest absolute Gasteiger partial charge is 0.465 e. The maximum atomic E-state index is 12.4. The molecule has 0 amide bonds. The smallest absolute Gasteiger partial charge is 0.308 e. The second-order valence-corrected chi connectivity index (χ2v) is 13.1. The topological polar surface area (TPSA) is 52.6 Å². The SMILES string of the molecule is CCC(C)(C)C(C)CCCCCOC(=O)C1CCC(C(=O)OCCCCCC(C)C(C)(C)CC)CC1. The quantitative estimate of drug-likeness (QED) is 0.137. The van der Waals surface area contributed by atoms with Gasteiger partial charge < -0.3 is 9.47 Å². The third-order valence-corrected chi connectivity index (χ3v) is 9.94. The van der Waals surface area contributed by atoms with Crippen molar-refractivity contribution in [1.82, 2.24) is 0 Å². The number of rotatable bonds is 18. The van der Waals surface area contributed by atoms with Crippen molar-refractivity contribution in [3.05, 3.63) is 0 Å². The minimum absolute atomic E-state index is 0.0474. The number of ether oxygens (including phenoxy) is 2. The predicted molar refractivity (Wildman–Crippen MR) is 151 cm³/mol. The van der Waals surface area contributed by atoms with Crippen LogP contribution in [0.2, 0.25) is 0 Å². The van der Waals surface area contributed by atoms with Crippen molar-refractivity contribution in [2.45, 2.75) is 145 Å². The van der Waals surface area contributed by atoms with E-state index < -0.39 is 0 Å². The Morgan fingerprint density at radius 2 is 0.972 bits per heavy atom. The van der Waals surface area contributed by atoms with Gasteiger partial charge in [0.05, 0.1) is 25.0 Å². The first-order chi connectivity index (χ1) is 16.9. The molecule has 36 heavy (non-hydrogen) atoms. The summed E-state index contributed by atoms with van der Waals surface area (Å²) < 4.78 is 11.1. The summed E-state index contributed by atoms with van der Waals surface area (Å²) in [4.78, 5) is 24.9. The fourth-order valence-corrected chi connectivity index (χ4v) is 5.08. The zero-order valence-corrected chi connectivity index (χ0v) is 25.3. The van der Waals surface area contributed by atoms with Crippen molar-refractivity contribution in [2.24, 2.45) is 34.5 Å². The standard InChI is InChI=1S/C32H60O4/c1-9-31(5,6)25(3)17-13-11-15-23-35-29(33)27-19-21-28(22-20-27)30(34)36-24-16-12-14-18-26(4)32(7,8)10-2/h25-28H,9-24H2,1-8H3. The van der Waals surface area contributed by atoms with Crippen LogP contribution in [-0.4, -0.2) is 25.2 Å². The van der Waals surface area contributed by atoms with Crippen molar-refractivity contribution in [3.8, 4) is 0 Å². The van der Waals surface area contributed by atoms with E-state index in [1.165, 1.54) is 38.5 Å². The molecule has 1 rings (SSSR count). The average Bonchev–Trinajstić information content (AvgIpc) is 2.87. The number of hydrogen-bond acceptors (Lipinski definition) is 4. The Hall–Kier alpha value is -1.06. The molecule has 0 aromatic carbocycles. The molecule has 1 aliphatic rings. The van der Waals surface area contributed by atoms with E-state index in [-0.39, 0.29) is 23.8 Å². The van der Waals surface area contributed by atoms with Crippen molar-refractivity contribution in [2.75, 3.05) is 13.2 Å². The average molecular weight is 509 g/mol. The van der Waals surface area contributed by atoms with Gasteiger partial charge in [-0.1, -0.05) is 107 Å². The van der Waals surface area contributed by atoms with Crippen LogP contribution in [0.5, 0.6) is 0 Å². The molecule has 0 aromatic heterocycles. The van der Waals surface area contributed by atoms with Crippen molar-refractivity contribution in [3.63, 3.8) is 0 Å². The molecule has 1 aliphatic carbocycles. The summed E-state index contributed by atoms with van der Waals surface area (Å²) in [5.74, 6) is 1.21. The van der Waals surface area contributed by atoms with E-state index in [1.54, 1.807) is 0 Å². The molecule has 0 spiro atoms. The fraction of sp³-hybridized carbons (Fsp3) is 0.938. The molecule has 0 heterocycles. The number of carbonyl (C=O) groups is 2. The van der Waals surface area contributed by atoms with Gasteiger partial charge in [-0.2, -0.15) is 0 Å². The Labute approximate surface area is 224 Å². The Bertz CT molecular complexity index is 562. The molecular weight excluding hydrogens is 448 g/mol. The molecule has 2 unspecified atom stereocenters. The van der Waals surface area contributed by atoms with Gasteiger partial charge in [0.25, 0.3) is 0 Å². The third-order valence-electron chi connectivity index (χ3n) is 9.94. The van der Waals surface area contributed by atoms with Crippen LogP contribution in [0.25, 0.3) is 0 Å². The van der Waals surface area contributed by atoms with Crippen LogP contribution in [0, 0.1) is 34.5 Å². The van der Waals surface area contributed by atoms with Crippen LogP contribution in [0.1, 0.15) is 145 Å². The van der Waals surface area contributed by atoms with E-state index in [9.17, 15) is 9.59 Å². The van der Waals surface area contributed by atoms with Crippen molar-refractivity contribution in [1.29, 1.82) is 0 Å². The molecule has 0 N–H and O–H groups in total. The Morgan fingerprint density at radius 3 is 1.28 bits per heavy atom. The lowest BCUT2D eigenvalue weighted by molar-refractivity contribution is -0.155. The normalized spacial score (nSPS) is 20.6. The number of unbranched alkanes of at least 4 members (excludes halogenated alkanes) is 4.